The van der Waals surface area contributed by atoms with E-state index in [1.807, 2.05) is 6.20 Å². The average Bonchev–Trinajstić information content (AvgIpc) is 3.41. The van der Waals surface area contributed by atoms with Gasteiger partial charge in [-0.3, -0.25) is 4.98 Å². The molecule has 194 valence electrons. The molecule has 0 spiro atoms. The number of hydrogen-bond donors (Lipinski definition) is 1. The lowest BCUT2D eigenvalue weighted by Gasteiger charge is -2.46. The average molecular weight is 485 g/mol. The Morgan fingerprint density at radius 1 is 0.944 bits per heavy atom. The van der Waals surface area contributed by atoms with Gasteiger partial charge in [0, 0.05) is 24.2 Å². The number of aromatic nitrogens is 1. The molecular weight excluding hydrogens is 436 g/mol. The molecule has 1 N–H and O–H groups in total. The second-order valence-corrected chi connectivity index (χ2v) is 12.7. The molecule has 0 saturated heterocycles. The van der Waals surface area contributed by atoms with E-state index in [-0.39, 0.29) is 11.0 Å². The van der Waals surface area contributed by atoms with Crippen molar-refractivity contribution < 1.29 is 0 Å². The zero-order valence-electron chi connectivity index (χ0n) is 23.6. The molecule has 1 heterocycles. The maximum atomic E-state index is 5.06. The molecule has 2 aliphatic carbocycles. The summed E-state index contributed by atoms with van der Waals surface area (Å²) in [7, 11) is 0. The van der Waals surface area contributed by atoms with E-state index in [1.54, 1.807) is 0 Å². The Kier molecular flexibility index (Phi) is 8.43. The molecule has 1 fully saturated rings. The summed E-state index contributed by atoms with van der Waals surface area (Å²) in [4.78, 5) is 5.06. The van der Waals surface area contributed by atoms with Gasteiger partial charge < -0.3 is 5.32 Å². The minimum absolute atomic E-state index is 0.214. The van der Waals surface area contributed by atoms with E-state index < -0.39 is 0 Å². The van der Waals surface area contributed by atoms with Gasteiger partial charge in [-0.25, -0.2) is 0 Å². The molecule has 1 aromatic heterocycles. The quantitative estimate of drug-likeness (QED) is 0.364. The van der Waals surface area contributed by atoms with Crippen LogP contribution in [0.4, 0.5) is 0 Å². The van der Waals surface area contributed by atoms with Crippen molar-refractivity contribution in [1.82, 2.24) is 10.3 Å². The number of benzene rings is 1. The van der Waals surface area contributed by atoms with Gasteiger partial charge in [-0.1, -0.05) is 103 Å². The number of hydrogen-bond acceptors (Lipinski definition) is 2. The Morgan fingerprint density at radius 2 is 1.64 bits per heavy atom. The number of nitrogens with zero attached hydrogens (tertiary/aromatic N) is 1. The van der Waals surface area contributed by atoms with Crippen molar-refractivity contribution in [2.45, 2.75) is 92.0 Å². The molecule has 2 heteroatoms. The van der Waals surface area contributed by atoms with Crippen LogP contribution in [0.15, 0.2) is 78.1 Å². The first kappa shape index (κ1) is 26.7. The maximum absolute atomic E-state index is 5.06. The smallest absolute Gasteiger partial charge is 0.0838 e. The van der Waals surface area contributed by atoms with Gasteiger partial charge in [0.15, 0.2) is 0 Å². The zero-order chi connectivity index (χ0) is 25.8. The minimum Gasteiger partial charge on any atom is -0.377 e. The van der Waals surface area contributed by atoms with E-state index in [9.17, 15) is 0 Å². The summed E-state index contributed by atoms with van der Waals surface area (Å²) in [5.74, 6) is 2.32. The van der Waals surface area contributed by atoms with Crippen molar-refractivity contribution in [3.05, 3.63) is 89.4 Å². The van der Waals surface area contributed by atoms with Crippen LogP contribution in [-0.4, -0.2) is 4.98 Å². The van der Waals surface area contributed by atoms with E-state index in [0.29, 0.717) is 17.8 Å². The molecule has 0 aliphatic heterocycles. The fraction of sp³-hybridized carbons (Fsp3) is 0.559. The molecule has 2 unspecified atom stereocenters. The van der Waals surface area contributed by atoms with Gasteiger partial charge in [0.2, 0.25) is 0 Å². The van der Waals surface area contributed by atoms with Crippen LogP contribution >= 0.6 is 0 Å². The van der Waals surface area contributed by atoms with Gasteiger partial charge in [-0.05, 0) is 72.1 Å². The molecule has 36 heavy (non-hydrogen) atoms. The highest BCUT2D eigenvalue weighted by atomic mass is 15.0. The highest BCUT2D eigenvalue weighted by molar-refractivity contribution is 5.36. The van der Waals surface area contributed by atoms with Crippen LogP contribution in [0, 0.1) is 29.1 Å². The van der Waals surface area contributed by atoms with Crippen LogP contribution in [0.1, 0.15) is 91.3 Å². The van der Waals surface area contributed by atoms with Crippen LogP contribution in [0.5, 0.6) is 0 Å². The standard InChI is InChI=1S/C34H48N2/c1-25(2)29-19-14-20-30(26(3)4)32(29)36-34(31-21-12-13-22-35-31,23-27-15-8-7-9-16-27)24-33(5,6)28-17-10-11-18-28/h7-9,12-16,19,21-22,25-26,28,30,36H,10-11,17-18,20,23-24H2,1-6H3. The SMILES string of the molecule is CC(C)C1=C(NC(Cc2ccccc2)(CC(C)(C)C2CCCC2)c2ccccn2)C(C(C)C)CC=C1. The molecule has 4 rings (SSSR count). The first-order chi connectivity index (χ1) is 17.2. The summed E-state index contributed by atoms with van der Waals surface area (Å²) in [5.41, 5.74) is 5.40. The molecule has 2 atom stereocenters. The largest absolute Gasteiger partial charge is 0.377 e. The van der Waals surface area contributed by atoms with Gasteiger partial charge in [0.25, 0.3) is 0 Å². The summed E-state index contributed by atoms with van der Waals surface area (Å²) in [6, 6.07) is 17.6. The van der Waals surface area contributed by atoms with Crippen LogP contribution in [-0.2, 0) is 12.0 Å². The number of allylic oxidation sites excluding steroid dienone is 4. The number of nitrogens with one attached hydrogen (secondary N) is 1. The molecule has 2 aromatic rings. The van der Waals surface area contributed by atoms with Crippen molar-refractivity contribution in [2.75, 3.05) is 0 Å². The molecule has 2 aliphatic rings. The van der Waals surface area contributed by atoms with Crippen molar-refractivity contribution in [3.8, 4) is 0 Å². The van der Waals surface area contributed by atoms with E-state index >= 15 is 0 Å². The van der Waals surface area contributed by atoms with E-state index in [4.69, 9.17) is 4.98 Å². The van der Waals surface area contributed by atoms with Gasteiger partial charge in [0.05, 0.1) is 11.2 Å². The van der Waals surface area contributed by atoms with E-state index in [1.165, 1.54) is 48.2 Å². The van der Waals surface area contributed by atoms with Gasteiger partial charge in [0.1, 0.15) is 0 Å². The molecular formula is C34H48N2. The minimum atomic E-state index is -0.275. The fourth-order valence-electron chi connectivity index (χ4n) is 6.91. The van der Waals surface area contributed by atoms with Crippen molar-refractivity contribution in [2.24, 2.45) is 29.1 Å². The van der Waals surface area contributed by atoms with Crippen molar-refractivity contribution in [3.63, 3.8) is 0 Å². The topological polar surface area (TPSA) is 24.9 Å². The maximum Gasteiger partial charge on any atom is 0.0838 e. The predicted molar refractivity (Wildman–Crippen MR) is 154 cm³/mol. The Labute approximate surface area is 220 Å². The Balaban J connectivity index is 1.88. The first-order valence-electron chi connectivity index (χ1n) is 14.4. The van der Waals surface area contributed by atoms with Crippen LogP contribution in [0.25, 0.3) is 0 Å². The summed E-state index contributed by atoms with van der Waals surface area (Å²) >= 11 is 0. The molecule has 0 bridgehead atoms. The highest BCUT2D eigenvalue weighted by Crippen LogP contribution is 2.48. The lowest BCUT2D eigenvalue weighted by atomic mass is 9.66. The molecule has 0 amide bonds. The van der Waals surface area contributed by atoms with E-state index in [2.05, 4.69) is 108 Å². The van der Waals surface area contributed by atoms with E-state index in [0.717, 1.165) is 25.2 Å². The third kappa shape index (κ3) is 5.96. The normalized spacial score (nSPS) is 20.8. The molecule has 1 aromatic carbocycles. The molecule has 1 saturated carbocycles. The second kappa shape index (κ2) is 11.4. The van der Waals surface area contributed by atoms with Crippen molar-refractivity contribution in [1.29, 1.82) is 0 Å². The molecule has 0 radical (unpaired) electrons. The van der Waals surface area contributed by atoms with Crippen LogP contribution in [0.3, 0.4) is 0 Å². The zero-order valence-corrected chi connectivity index (χ0v) is 23.6. The van der Waals surface area contributed by atoms with Crippen LogP contribution < -0.4 is 5.32 Å². The lowest BCUT2D eigenvalue weighted by Crippen LogP contribution is -2.50. The monoisotopic (exact) mass is 484 g/mol. The summed E-state index contributed by atoms with van der Waals surface area (Å²) in [6.07, 6.45) is 15.3. The van der Waals surface area contributed by atoms with Gasteiger partial charge in [-0.2, -0.15) is 0 Å². The van der Waals surface area contributed by atoms with Gasteiger partial charge >= 0.3 is 0 Å². The second-order valence-electron chi connectivity index (χ2n) is 12.7. The lowest BCUT2D eigenvalue weighted by molar-refractivity contribution is 0.123. The number of rotatable bonds is 10. The summed E-state index contributed by atoms with van der Waals surface area (Å²) in [5, 5.41) is 4.34. The first-order valence-corrected chi connectivity index (χ1v) is 14.4. The summed E-state index contributed by atoms with van der Waals surface area (Å²) < 4.78 is 0. The fourth-order valence-corrected chi connectivity index (χ4v) is 6.91. The van der Waals surface area contributed by atoms with Gasteiger partial charge in [-0.15, -0.1) is 0 Å². The number of pyridine rings is 1. The Hall–Kier alpha value is -2.35. The highest BCUT2D eigenvalue weighted by Gasteiger charge is 2.44. The summed E-state index contributed by atoms with van der Waals surface area (Å²) in [6.45, 7) is 14.5. The molecule has 2 nitrogen and oxygen atoms in total. The third-order valence-corrected chi connectivity index (χ3v) is 8.89. The predicted octanol–water partition coefficient (Wildman–Crippen LogP) is 8.86. The Bertz CT molecular complexity index is 1030. The third-order valence-electron chi connectivity index (χ3n) is 8.89. The van der Waals surface area contributed by atoms with Crippen molar-refractivity contribution >= 4 is 0 Å². The Morgan fingerprint density at radius 3 is 2.25 bits per heavy atom. The van der Waals surface area contributed by atoms with Crippen LogP contribution in [0.2, 0.25) is 0 Å².